The van der Waals surface area contributed by atoms with Crippen molar-refractivity contribution in [2.24, 2.45) is 0 Å². The molecule has 1 unspecified atom stereocenters. The monoisotopic (exact) mass is 261 g/mol. The van der Waals surface area contributed by atoms with Gasteiger partial charge in [0.15, 0.2) is 0 Å². The number of unbranched alkanes of at least 4 members (excludes halogenated alkanes) is 1. The summed E-state index contributed by atoms with van der Waals surface area (Å²) in [5.74, 6) is 1.25. The second-order valence-corrected chi connectivity index (χ2v) is 5.68. The molecule has 0 saturated carbocycles. The van der Waals surface area contributed by atoms with Crippen molar-refractivity contribution in [3.8, 4) is 0 Å². The predicted octanol–water partition coefficient (Wildman–Crippen LogP) is 2.79. The van der Waals surface area contributed by atoms with E-state index in [0.29, 0.717) is 11.2 Å². The summed E-state index contributed by atoms with van der Waals surface area (Å²) in [5.41, 5.74) is 0. The molecule has 4 heteroatoms. The number of hydrogen-bond acceptors (Lipinski definition) is 3. The Bertz CT molecular complexity index is 205. The number of carbonyl (C=O) groups is 1. The van der Waals surface area contributed by atoms with E-state index in [1.807, 2.05) is 4.90 Å². The van der Waals surface area contributed by atoms with Crippen molar-refractivity contribution in [1.29, 1.82) is 0 Å². The molecular formula is C12H23NOS2. The molecule has 1 heterocycles. The average molecular weight is 261 g/mol. The topological polar surface area (TPSA) is 20.3 Å². The van der Waals surface area contributed by atoms with Crippen LogP contribution in [0.25, 0.3) is 0 Å². The summed E-state index contributed by atoms with van der Waals surface area (Å²) in [6.07, 6.45) is 7.39. The van der Waals surface area contributed by atoms with Crippen molar-refractivity contribution in [2.45, 2.75) is 50.2 Å². The third-order valence-electron chi connectivity index (χ3n) is 3.10. The molecule has 0 radical (unpaired) electrons. The van der Waals surface area contributed by atoms with Crippen LogP contribution in [0.2, 0.25) is 0 Å². The first-order valence-corrected chi connectivity index (χ1v) is 7.45. The van der Waals surface area contributed by atoms with Gasteiger partial charge in [0.2, 0.25) is 5.91 Å². The zero-order chi connectivity index (χ0) is 11.8. The summed E-state index contributed by atoms with van der Waals surface area (Å²) >= 11 is 8.66. The highest BCUT2D eigenvalue weighted by Crippen LogP contribution is 2.15. The van der Waals surface area contributed by atoms with Gasteiger partial charge in [0, 0.05) is 24.8 Å². The Hall–Kier alpha value is 0.170. The van der Waals surface area contributed by atoms with E-state index in [2.05, 4.69) is 25.3 Å². The molecule has 1 rings (SSSR count). The fraction of sp³-hybridized carbons (Fsp3) is 0.917. The Balaban J connectivity index is 1.99. The predicted molar refractivity (Wildman–Crippen MR) is 75.5 cm³/mol. The van der Waals surface area contributed by atoms with Crippen LogP contribution in [0.5, 0.6) is 0 Å². The van der Waals surface area contributed by atoms with E-state index in [-0.39, 0.29) is 0 Å². The van der Waals surface area contributed by atoms with Crippen LogP contribution in [0.3, 0.4) is 0 Å². The maximum absolute atomic E-state index is 11.7. The minimum absolute atomic E-state index is 0.349. The van der Waals surface area contributed by atoms with Gasteiger partial charge in [-0.3, -0.25) is 4.79 Å². The van der Waals surface area contributed by atoms with Gasteiger partial charge in [-0.05, 0) is 37.9 Å². The van der Waals surface area contributed by atoms with E-state index in [4.69, 9.17) is 0 Å². The Labute approximate surface area is 110 Å². The van der Waals surface area contributed by atoms with Gasteiger partial charge in [0.1, 0.15) is 0 Å². The lowest BCUT2D eigenvalue weighted by molar-refractivity contribution is -0.130. The van der Waals surface area contributed by atoms with Gasteiger partial charge in [-0.15, -0.1) is 0 Å². The quantitative estimate of drug-likeness (QED) is 0.533. The molecule has 0 N–H and O–H groups in total. The Morgan fingerprint density at radius 3 is 2.50 bits per heavy atom. The van der Waals surface area contributed by atoms with Gasteiger partial charge in [-0.1, -0.05) is 6.42 Å². The van der Waals surface area contributed by atoms with Gasteiger partial charge in [0.25, 0.3) is 0 Å². The number of rotatable bonds is 7. The zero-order valence-electron chi connectivity index (χ0n) is 9.90. The lowest BCUT2D eigenvalue weighted by Gasteiger charge is -2.15. The molecule has 0 aromatic carbocycles. The van der Waals surface area contributed by atoms with Crippen LogP contribution in [-0.4, -0.2) is 34.9 Å². The van der Waals surface area contributed by atoms with E-state index in [1.54, 1.807) is 0 Å². The first kappa shape index (κ1) is 14.2. The average Bonchev–Trinajstić information content (AvgIpc) is 2.78. The number of hydrogen-bond donors (Lipinski definition) is 2. The van der Waals surface area contributed by atoms with Crippen LogP contribution < -0.4 is 0 Å². The minimum atomic E-state index is 0.349. The molecule has 0 bridgehead atoms. The van der Waals surface area contributed by atoms with Gasteiger partial charge in [0.05, 0.1) is 0 Å². The van der Waals surface area contributed by atoms with Crippen molar-refractivity contribution in [3.63, 3.8) is 0 Å². The highest BCUT2D eigenvalue weighted by atomic mass is 32.1. The first-order valence-electron chi connectivity index (χ1n) is 6.30. The van der Waals surface area contributed by atoms with Crippen molar-refractivity contribution < 1.29 is 4.79 Å². The second-order valence-electron chi connectivity index (χ2n) is 4.50. The van der Waals surface area contributed by atoms with Gasteiger partial charge in [-0.25, -0.2) is 0 Å². The van der Waals surface area contributed by atoms with E-state index in [9.17, 15) is 4.79 Å². The maximum Gasteiger partial charge on any atom is 0.222 e. The van der Waals surface area contributed by atoms with E-state index in [1.165, 1.54) is 12.8 Å². The number of nitrogens with zero attached hydrogens (tertiary/aromatic N) is 1. The van der Waals surface area contributed by atoms with Crippen LogP contribution >= 0.6 is 25.3 Å². The summed E-state index contributed by atoms with van der Waals surface area (Å²) in [7, 11) is 0. The standard InChI is InChI=1S/C12H23NOS2/c14-12(13-8-3-4-9-13)6-2-1-5-11(16)7-10-15/h11,15-16H,1-10H2. The number of likely N-dealkylation sites (tertiary alicyclic amines) is 1. The molecule has 16 heavy (non-hydrogen) atoms. The van der Waals surface area contributed by atoms with Gasteiger partial charge < -0.3 is 4.90 Å². The molecule has 2 nitrogen and oxygen atoms in total. The van der Waals surface area contributed by atoms with Crippen molar-refractivity contribution in [3.05, 3.63) is 0 Å². The molecule has 0 aromatic heterocycles. The fourth-order valence-corrected chi connectivity index (χ4v) is 2.90. The van der Waals surface area contributed by atoms with E-state index < -0.39 is 0 Å². The summed E-state index contributed by atoms with van der Waals surface area (Å²) in [6, 6.07) is 0. The van der Waals surface area contributed by atoms with Crippen molar-refractivity contribution in [1.82, 2.24) is 4.90 Å². The normalized spacial score (nSPS) is 17.8. The molecule has 0 aromatic rings. The molecule has 1 fully saturated rings. The number of thiol groups is 2. The lowest BCUT2D eigenvalue weighted by atomic mass is 10.1. The smallest absolute Gasteiger partial charge is 0.222 e. The molecule has 1 aliphatic heterocycles. The van der Waals surface area contributed by atoms with E-state index >= 15 is 0 Å². The van der Waals surface area contributed by atoms with Crippen LogP contribution in [-0.2, 0) is 4.79 Å². The Kier molecular flexibility index (Phi) is 7.37. The van der Waals surface area contributed by atoms with Gasteiger partial charge >= 0.3 is 0 Å². The van der Waals surface area contributed by atoms with Crippen molar-refractivity contribution >= 4 is 31.2 Å². The lowest BCUT2D eigenvalue weighted by Crippen LogP contribution is -2.27. The third kappa shape index (κ3) is 5.48. The zero-order valence-corrected chi connectivity index (χ0v) is 11.7. The summed E-state index contributed by atoms with van der Waals surface area (Å²) in [5, 5.41) is 0.458. The highest BCUT2D eigenvalue weighted by Gasteiger charge is 2.16. The number of amides is 1. The Morgan fingerprint density at radius 2 is 1.88 bits per heavy atom. The van der Waals surface area contributed by atoms with Crippen LogP contribution in [0.4, 0.5) is 0 Å². The van der Waals surface area contributed by atoms with Gasteiger partial charge in [-0.2, -0.15) is 25.3 Å². The molecule has 0 spiro atoms. The molecule has 1 aliphatic rings. The molecular weight excluding hydrogens is 238 g/mol. The fourth-order valence-electron chi connectivity index (χ4n) is 2.07. The summed E-state index contributed by atoms with van der Waals surface area (Å²) in [6.45, 7) is 1.96. The van der Waals surface area contributed by atoms with Crippen LogP contribution in [0.1, 0.15) is 44.9 Å². The molecule has 1 saturated heterocycles. The molecule has 94 valence electrons. The second kappa shape index (κ2) is 8.29. The highest BCUT2D eigenvalue weighted by molar-refractivity contribution is 7.81. The molecule has 1 amide bonds. The SMILES string of the molecule is O=C(CCCCC(S)CCS)N1CCCC1. The number of carbonyl (C=O) groups excluding carboxylic acids is 1. The summed E-state index contributed by atoms with van der Waals surface area (Å²) in [4.78, 5) is 13.7. The largest absolute Gasteiger partial charge is 0.343 e. The maximum atomic E-state index is 11.7. The molecule has 1 atom stereocenters. The minimum Gasteiger partial charge on any atom is -0.343 e. The van der Waals surface area contributed by atoms with Crippen LogP contribution in [0, 0.1) is 0 Å². The van der Waals surface area contributed by atoms with Crippen molar-refractivity contribution in [2.75, 3.05) is 18.8 Å². The van der Waals surface area contributed by atoms with Crippen LogP contribution in [0.15, 0.2) is 0 Å². The molecule has 0 aliphatic carbocycles. The third-order valence-corrected chi connectivity index (χ3v) is 3.87. The summed E-state index contributed by atoms with van der Waals surface area (Å²) < 4.78 is 0. The Morgan fingerprint density at radius 1 is 1.19 bits per heavy atom. The first-order chi connectivity index (χ1) is 7.74. The van der Waals surface area contributed by atoms with E-state index in [0.717, 1.165) is 50.9 Å².